The van der Waals surface area contributed by atoms with E-state index in [0.717, 1.165) is 76.5 Å². The number of aryl methyl sites for hydroxylation is 2. The van der Waals surface area contributed by atoms with E-state index < -0.39 is 29.5 Å². The van der Waals surface area contributed by atoms with E-state index in [1.54, 1.807) is 115 Å². The molecule has 0 radical (unpaired) electrons. The number of benzene rings is 10. The lowest BCUT2D eigenvalue weighted by atomic mass is 9.96. The quantitative estimate of drug-likeness (QED) is 0.0101. The van der Waals surface area contributed by atoms with Crippen LogP contribution >= 0.6 is 34.0 Å². The molecule has 0 saturated carbocycles. The standard InChI is InChI=1S/2C37H30N2O5S.C26H22N2O6S/c2*1-3-43-20-19-39-31-17-15-26(35(40)33-14-9-21-45-33)22-29(31)30-23-27(16-18-32(30)39)36(41)34(28-13-8-7-10-24(28)2)38-44-37(42)25-11-5-4-6-12-25;1-15(27-34-17(3)30)25(31)18-6-8-22-20(13-18)21-14-19(26(32)24-5-4-12-35-24)7-9-23(21)28(22)10-11-33-16(2)29/h2*4-18,21-23H,3,19-20H2,1-2H3;4-9,12-14H,10-11H2,1-3H3/b2*38-34+;27-15+. The molecule has 0 N–H and O–H groups in total. The number of oxime groups is 3. The number of fused-ring (bicyclic) bond motifs is 9. The van der Waals surface area contributed by atoms with Gasteiger partial charge in [-0.25, -0.2) is 14.4 Å². The number of Topliss-reactive ketones (excluding diaryl/α,β-unsaturated/α-hetero) is 3. The third-order valence-electron chi connectivity index (χ3n) is 20.7. The number of carbonyl (C=O) groups excluding carboxylic acids is 10. The fraction of sp³-hybridized carbons (Fsp3) is 0.150. The van der Waals surface area contributed by atoms with Crippen molar-refractivity contribution in [1.82, 2.24) is 13.7 Å². The van der Waals surface area contributed by atoms with Crippen molar-refractivity contribution in [1.29, 1.82) is 0 Å². The highest BCUT2D eigenvalue weighted by atomic mass is 32.1. The average molecular weight is 1720 g/mol. The summed E-state index contributed by atoms with van der Waals surface area (Å²) in [6.45, 7) is 15.7. The Morgan fingerprint density at radius 2 is 0.624 bits per heavy atom. The van der Waals surface area contributed by atoms with Gasteiger partial charge in [0.05, 0.1) is 45.5 Å². The summed E-state index contributed by atoms with van der Waals surface area (Å²) in [6.07, 6.45) is 0. The molecule has 0 saturated heterocycles. The molecule has 0 spiro atoms. The van der Waals surface area contributed by atoms with E-state index in [-0.39, 0.29) is 52.8 Å². The van der Waals surface area contributed by atoms with E-state index in [2.05, 4.69) is 29.4 Å². The predicted molar refractivity (Wildman–Crippen MR) is 488 cm³/mol. The molecule has 0 amide bonds. The van der Waals surface area contributed by atoms with Crippen molar-refractivity contribution >= 4 is 175 Å². The van der Waals surface area contributed by atoms with Crippen molar-refractivity contribution in [3.63, 3.8) is 0 Å². The van der Waals surface area contributed by atoms with Crippen LogP contribution in [0.4, 0.5) is 0 Å². The van der Waals surface area contributed by atoms with Crippen LogP contribution in [-0.4, -0.2) is 122 Å². The number of ketones is 6. The normalized spacial score (nSPS) is 11.6. The first-order chi connectivity index (χ1) is 60.7. The van der Waals surface area contributed by atoms with Gasteiger partial charge >= 0.3 is 23.9 Å². The molecular formula is C100H82N6O16S3. The maximum Gasteiger partial charge on any atom is 0.365 e. The lowest BCUT2D eigenvalue weighted by Crippen LogP contribution is -2.18. The molecule has 0 unspecified atom stereocenters. The van der Waals surface area contributed by atoms with Gasteiger partial charge in [-0.15, -0.1) is 34.0 Å². The van der Waals surface area contributed by atoms with Crippen LogP contribution in [0.3, 0.4) is 0 Å². The Kier molecular flexibility index (Phi) is 27.8. The van der Waals surface area contributed by atoms with Crippen molar-refractivity contribution in [2.45, 2.75) is 68.1 Å². The molecule has 0 aliphatic carbocycles. The Bertz CT molecular complexity index is 6620. The van der Waals surface area contributed by atoms with Crippen LogP contribution < -0.4 is 0 Å². The van der Waals surface area contributed by atoms with Gasteiger partial charge in [-0.1, -0.05) is 119 Å². The van der Waals surface area contributed by atoms with Gasteiger partial charge in [0.15, 0.2) is 11.4 Å². The van der Waals surface area contributed by atoms with Gasteiger partial charge in [-0.05, 0) is 214 Å². The number of thiophene rings is 3. The second-order valence-corrected chi connectivity index (χ2v) is 31.6. The first-order valence-electron chi connectivity index (χ1n) is 40.1. The number of rotatable bonds is 30. The van der Waals surface area contributed by atoms with Crippen LogP contribution in [0.25, 0.3) is 65.4 Å². The predicted octanol–water partition coefficient (Wildman–Crippen LogP) is 20.5. The van der Waals surface area contributed by atoms with Gasteiger partial charge in [0, 0.05) is 150 Å². The fourth-order valence-corrected chi connectivity index (χ4v) is 16.7. The van der Waals surface area contributed by atoms with Gasteiger partial charge < -0.3 is 42.4 Å². The zero-order valence-electron chi connectivity index (χ0n) is 69.1. The summed E-state index contributed by atoms with van der Waals surface area (Å²) < 4.78 is 22.7. The van der Waals surface area contributed by atoms with Gasteiger partial charge in [0.2, 0.25) is 34.7 Å². The molecule has 16 rings (SSSR count). The molecule has 125 heavy (non-hydrogen) atoms. The van der Waals surface area contributed by atoms with Crippen LogP contribution in [0.15, 0.2) is 286 Å². The van der Waals surface area contributed by atoms with E-state index in [1.807, 2.05) is 188 Å². The van der Waals surface area contributed by atoms with E-state index in [1.165, 1.54) is 54.8 Å². The Morgan fingerprint density at radius 1 is 0.312 bits per heavy atom. The zero-order valence-corrected chi connectivity index (χ0v) is 71.5. The number of esters is 1. The molecule has 0 aliphatic heterocycles. The highest BCUT2D eigenvalue weighted by Crippen LogP contribution is 2.37. The lowest BCUT2D eigenvalue weighted by Gasteiger charge is -2.10. The molecule has 0 aliphatic rings. The minimum absolute atomic E-state index is 0.0189. The van der Waals surface area contributed by atoms with Crippen molar-refractivity contribution < 1.29 is 76.7 Å². The second kappa shape index (κ2) is 40.0. The molecule has 10 aromatic carbocycles. The van der Waals surface area contributed by atoms with Gasteiger partial charge in [-0.3, -0.25) is 33.6 Å². The summed E-state index contributed by atoms with van der Waals surface area (Å²) in [7, 11) is 0. The number of ether oxygens (including phenoxy) is 3. The molecule has 25 heteroatoms. The Labute approximate surface area is 729 Å². The van der Waals surface area contributed by atoms with Gasteiger partial charge in [-0.2, -0.15) is 0 Å². The molecule has 22 nitrogen and oxygen atoms in total. The van der Waals surface area contributed by atoms with Crippen LogP contribution in [-0.2, 0) is 57.9 Å². The number of hydrogen-bond donors (Lipinski definition) is 0. The van der Waals surface area contributed by atoms with Crippen molar-refractivity contribution in [2.75, 3.05) is 33.0 Å². The number of aromatic nitrogens is 3. The number of nitrogens with zero attached hydrogens (tertiary/aromatic N) is 6. The monoisotopic (exact) mass is 1720 g/mol. The molecule has 0 bridgehead atoms. The maximum atomic E-state index is 14.2. The zero-order chi connectivity index (χ0) is 87.8. The minimum Gasteiger partial charge on any atom is -0.464 e. The van der Waals surface area contributed by atoms with Gasteiger partial charge in [0.1, 0.15) is 12.3 Å². The molecular weight excluding hydrogens is 1640 g/mol. The summed E-state index contributed by atoms with van der Waals surface area (Å²) in [5.74, 6) is -3.68. The second-order valence-electron chi connectivity index (χ2n) is 28.7. The smallest absolute Gasteiger partial charge is 0.365 e. The van der Waals surface area contributed by atoms with E-state index in [9.17, 15) is 47.9 Å². The summed E-state index contributed by atoms with van der Waals surface area (Å²) in [4.78, 5) is 146. The fourth-order valence-electron chi connectivity index (χ4n) is 14.6. The first kappa shape index (κ1) is 86.9. The summed E-state index contributed by atoms with van der Waals surface area (Å²) in [5.41, 5.74) is 11.6. The summed E-state index contributed by atoms with van der Waals surface area (Å²) in [5, 5.41) is 22.3. The molecule has 0 atom stereocenters. The Balaban J connectivity index is 0.000000154. The molecule has 6 aromatic heterocycles. The largest absolute Gasteiger partial charge is 0.464 e. The van der Waals surface area contributed by atoms with Crippen molar-refractivity contribution in [3.8, 4) is 0 Å². The SMILES string of the molecule is CC(=O)OCCn1c2ccc(C(=O)/C(C)=N/OC(C)=O)cc2c2cc(C(=O)c3cccs3)ccc21.CCOCCn1c2ccc(C(=O)/C(=N/OC(=O)c3ccccc3)c3ccccc3C)cc2c2cc(C(=O)c3cccs3)ccc21.CCOCCn1c2ccc(C(=O)/C(=N/OC(=O)c3ccccc3)c3ccccc3C)cc2c2cc(C(=O)c3cccs3)ccc21. The van der Waals surface area contributed by atoms with E-state index in [4.69, 9.17) is 23.9 Å². The van der Waals surface area contributed by atoms with Crippen LogP contribution in [0.1, 0.15) is 154 Å². The first-order valence-corrected chi connectivity index (χ1v) is 42.7. The highest BCUT2D eigenvalue weighted by molar-refractivity contribution is 7.13. The lowest BCUT2D eigenvalue weighted by molar-refractivity contribution is -0.142. The highest BCUT2D eigenvalue weighted by Gasteiger charge is 2.27. The Hall–Kier alpha value is -14.5. The molecule has 16 aromatic rings. The van der Waals surface area contributed by atoms with Crippen molar-refractivity contribution in [3.05, 3.63) is 352 Å². The maximum absolute atomic E-state index is 14.2. The Morgan fingerprint density at radius 3 is 0.936 bits per heavy atom. The molecule has 6 heterocycles. The van der Waals surface area contributed by atoms with E-state index >= 15 is 0 Å². The molecule has 0 fully saturated rings. The van der Waals surface area contributed by atoms with Crippen LogP contribution in [0.5, 0.6) is 0 Å². The van der Waals surface area contributed by atoms with Crippen molar-refractivity contribution in [2.24, 2.45) is 15.5 Å². The third kappa shape index (κ3) is 19.7. The van der Waals surface area contributed by atoms with Crippen LogP contribution in [0, 0.1) is 13.8 Å². The third-order valence-corrected chi connectivity index (χ3v) is 23.3. The topological polar surface area (TPSA) is 278 Å². The molecule has 626 valence electrons. The minimum atomic E-state index is -0.662. The van der Waals surface area contributed by atoms with Crippen LogP contribution in [0.2, 0.25) is 0 Å². The summed E-state index contributed by atoms with van der Waals surface area (Å²) >= 11 is 4.18. The number of carbonyl (C=O) groups is 10. The average Bonchev–Trinajstić information content (AvgIpc) is 1.61. The van der Waals surface area contributed by atoms with Gasteiger partial charge in [0.25, 0.3) is 0 Å². The van der Waals surface area contributed by atoms with E-state index in [0.29, 0.717) is 116 Å². The number of hydrogen-bond acceptors (Lipinski definition) is 22. The summed E-state index contributed by atoms with van der Waals surface area (Å²) in [6, 6.07) is 75.6.